The van der Waals surface area contributed by atoms with Crippen LogP contribution in [0.2, 0.25) is 0 Å². The maximum atomic E-state index is 10.6. The molecule has 21 heavy (non-hydrogen) atoms. The van der Waals surface area contributed by atoms with Gasteiger partial charge in [-0.3, -0.25) is 0 Å². The molecule has 1 unspecified atom stereocenters. The number of hydrogen-bond acceptors (Lipinski definition) is 3. The first kappa shape index (κ1) is 14.1. The molecule has 2 aromatic rings. The van der Waals surface area contributed by atoms with Gasteiger partial charge in [-0.05, 0) is 38.7 Å². The molecule has 0 bridgehead atoms. The Morgan fingerprint density at radius 1 is 1.29 bits per heavy atom. The van der Waals surface area contributed by atoms with Crippen LogP contribution < -0.4 is 4.74 Å². The number of imidazole rings is 1. The van der Waals surface area contributed by atoms with Crippen LogP contribution in [0, 0.1) is 0 Å². The van der Waals surface area contributed by atoms with Gasteiger partial charge in [0, 0.05) is 11.3 Å². The third kappa shape index (κ3) is 2.95. The van der Waals surface area contributed by atoms with E-state index in [1.54, 1.807) is 0 Å². The lowest BCUT2D eigenvalue weighted by molar-refractivity contribution is 0.150. The van der Waals surface area contributed by atoms with E-state index in [9.17, 15) is 5.11 Å². The van der Waals surface area contributed by atoms with Gasteiger partial charge in [0.05, 0.1) is 25.2 Å². The summed E-state index contributed by atoms with van der Waals surface area (Å²) in [5.74, 6) is 0.765. The lowest BCUT2D eigenvalue weighted by atomic mass is 10.0. The largest absolute Gasteiger partial charge is 0.493 e. The summed E-state index contributed by atoms with van der Waals surface area (Å²) in [5, 5.41) is 10.6. The highest BCUT2D eigenvalue weighted by atomic mass is 16.5. The Morgan fingerprint density at radius 3 is 2.95 bits per heavy atom. The molecule has 1 atom stereocenters. The van der Waals surface area contributed by atoms with Gasteiger partial charge in [-0.25, -0.2) is 4.98 Å². The summed E-state index contributed by atoms with van der Waals surface area (Å²) in [7, 11) is 0. The zero-order valence-corrected chi connectivity index (χ0v) is 12.5. The fourth-order valence-electron chi connectivity index (χ4n) is 3.02. The zero-order valence-electron chi connectivity index (χ0n) is 12.5. The van der Waals surface area contributed by atoms with Crippen molar-refractivity contribution < 1.29 is 9.84 Å². The molecular formula is C17H22N2O2. The number of aliphatic hydroxyl groups excluding tert-OH is 1. The van der Waals surface area contributed by atoms with Crippen LogP contribution in [0.4, 0.5) is 0 Å². The van der Waals surface area contributed by atoms with Crippen LogP contribution in [0.1, 0.15) is 42.8 Å². The van der Waals surface area contributed by atoms with E-state index >= 15 is 0 Å². The van der Waals surface area contributed by atoms with E-state index in [0.717, 1.165) is 24.2 Å². The molecule has 0 saturated heterocycles. The molecular weight excluding hydrogens is 264 g/mol. The van der Waals surface area contributed by atoms with Crippen LogP contribution in [0.3, 0.4) is 0 Å². The number of hydrogen-bond donors (Lipinski definition) is 1. The highest BCUT2D eigenvalue weighted by molar-refractivity contribution is 5.35. The lowest BCUT2D eigenvalue weighted by Crippen LogP contribution is -2.14. The molecule has 1 aromatic heterocycles. The molecule has 0 aliphatic heterocycles. The Bertz CT molecular complexity index is 607. The minimum absolute atomic E-state index is 0.534. The quantitative estimate of drug-likeness (QED) is 0.919. The molecule has 0 fully saturated rings. The number of aliphatic hydroxyl groups is 1. The van der Waals surface area contributed by atoms with Crippen LogP contribution in [0.25, 0.3) is 0 Å². The average Bonchev–Trinajstić information content (AvgIpc) is 2.91. The van der Waals surface area contributed by atoms with Crippen molar-refractivity contribution in [2.45, 2.75) is 45.3 Å². The van der Waals surface area contributed by atoms with Crippen molar-refractivity contribution in [1.29, 1.82) is 0 Å². The van der Waals surface area contributed by atoms with Crippen LogP contribution >= 0.6 is 0 Å². The number of aryl methyl sites for hydroxylation is 1. The van der Waals surface area contributed by atoms with Crippen molar-refractivity contribution in [2.75, 3.05) is 6.61 Å². The van der Waals surface area contributed by atoms with E-state index in [-0.39, 0.29) is 0 Å². The maximum Gasteiger partial charge on any atom is 0.125 e. The summed E-state index contributed by atoms with van der Waals surface area (Å²) in [4.78, 5) is 4.48. The minimum Gasteiger partial charge on any atom is -0.493 e. The van der Waals surface area contributed by atoms with Crippen molar-refractivity contribution in [1.82, 2.24) is 9.55 Å². The first-order chi connectivity index (χ1) is 10.3. The zero-order chi connectivity index (χ0) is 14.7. The molecule has 3 rings (SSSR count). The Morgan fingerprint density at radius 2 is 2.10 bits per heavy atom. The van der Waals surface area contributed by atoms with Crippen LogP contribution in [-0.2, 0) is 19.4 Å². The van der Waals surface area contributed by atoms with E-state index in [1.807, 2.05) is 37.5 Å². The van der Waals surface area contributed by atoms with E-state index in [2.05, 4.69) is 9.55 Å². The molecule has 112 valence electrons. The monoisotopic (exact) mass is 286 g/mol. The summed E-state index contributed by atoms with van der Waals surface area (Å²) in [5.41, 5.74) is 3.33. The molecule has 0 radical (unpaired) electrons. The number of rotatable bonds is 5. The third-order valence-electron chi connectivity index (χ3n) is 4.06. The van der Waals surface area contributed by atoms with Crippen molar-refractivity contribution in [2.24, 2.45) is 0 Å². The molecule has 0 spiro atoms. The van der Waals surface area contributed by atoms with E-state index in [4.69, 9.17) is 4.74 Å². The summed E-state index contributed by atoms with van der Waals surface area (Å²) in [6.07, 6.45) is 5.85. The van der Waals surface area contributed by atoms with Crippen molar-refractivity contribution >= 4 is 0 Å². The lowest BCUT2D eigenvalue weighted by Gasteiger charge is -2.19. The Balaban J connectivity index is 1.80. The van der Waals surface area contributed by atoms with E-state index < -0.39 is 6.10 Å². The maximum absolute atomic E-state index is 10.6. The second-order valence-corrected chi connectivity index (χ2v) is 5.48. The predicted molar refractivity (Wildman–Crippen MR) is 81.4 cm³/mol. The topological polar surface area (TPSA) is 47.3 Å². The van der Waals surface area contributed by atoms with Crippen LogP contribution in [0.5, 0.6) is 5.75 Å². The first-order valence-electron chi connectivity index (χ1n) is 7.72. The Hall–Kier alpha value is -1.81. The highest BCUT2D eigenvalue weighted by Crippen LogP contribution is 2.28. The van der Waals surface area contributed by atoms with Gasteiger partial charge in [-0.15, -0.1) is 0 Å². The number of ether oxygens (including phenoxy) is 1. The van der Waals surface area contributed by atoms with Gasteiger partial charge in [0.1, 0.15) is 11.9 Å². The number of fused-ring (bicyclic) bond motifs is 1. The highest BCUT2D eigenvalue weighted by Gasteiger charge is 2.19. The van der Waals surface area contributed by atoms with Crippen molar-refractivity contribution in [3.05, 3.63) is 47.5 Å². The molecule has 0 saturated carbocycles. The molecule has 1 N–H and O–H groups in total. The number of para-hydroxylation sites is 1. The summed E-state index contributed by atoms with van der Waals surface area (Å²) >= 11 is 0. The third-order valence-corrected chi connectivity index (χ3v) is 4.06. The molecule has 1 aromatic carbocycles. The van der Waals surface area contributed by atoms with Gasteiger partial charge in [0.2, 0.25) is 0 Å². The van der Waals surface area contributed by atoms with Crippen LogP contribution in [-0.4, -0.2) is 21.3 Å². The number of benzene rings is 1. The first-order valence-corrected chi connectivity index (χ1v) is 7.72. The summed E-state index contributed by atoms with van der Waals surface area (Å²) < 4.78 is 7.70. The molecule has 4 nitrogen and oxygen atoms in total. The molecule has 1 heterocycles. The van der Waals surface area contributed by atoms with Gasteiger partial charge in [-0.2, -0.15) is 0 Å². The molecule has 1 aliphatic rings. The Labute approximate surface area is 125 Å². The second kappa shape index (κ2) is 6.31. The minimum atomic E-state index is -0.576. The van der Waals surface area contributed by atoms with Crippen LogP contribution in [0.15, 0.2) is 30.6 Å². The van der Waals surface area contributed by atoms with Gasteiger partial charge in [0.25, 0.3) is 0 Å². The SMILES string of the molecule is CCOc1ccccc1C(O)Cn1cnc2c1CCCC2. The van der Waals surface area contributed by atoms with Gasteiger partial charge < -0.3 is 14.4 Å². The van der Waals surface area contributed by atoms with Crippen molar-refractivity contribution in [3.8, 4) is 5.75 Å². The average molecular weight is 286 g/mol. The number of aromatic nitrogens is 2. The fourth-order valence-corrected chi connectivity index (χ4v) is 3.02. The van der Waals surface area contributed by atoms with E-state index in [0.29, 0.717) is 13.2 Å². The molecule has 4 heteroatoms. The Kier molecular flexibility index (Phi) is 4.25. The fraction of sp³-hybridized carbons (Fsp3) is 0.471. The summed E-state index contributed by atoms with van der Waals surface area (Å²) in [6.45, 7) is 3.09. The van der Waals surface area contributed by atoms with Gasteiger partial charge in [-0.1, -0.05) is 18.2 Å². The van der Waals surface area contributed by atoms with Gasteiger partial charge >= 0.3 is 0 Å². The molecule has 1 aliphatic carbocycles. The smallest absolute Gasteiger partial charge is 0.125 e. The predicted octanol–water partition coefficient (Wildman–Crippen LogP) is 2.89. The van der Waals surface area contributed by atoms with Crippen molar-refractivity contribution in [3.63, 3.8) is 0 Å². The molecule has 0 amide bonds. The van der Waals surface area contributed by atoms with Gasteiger partial charge in [0.15, 0.2) is 0 Å². The normalized spacial score (nSPS) is 15.5. The standard InChI is InChI=1S/C17H22N2O2/c1-2-21-17-10-6-3-7-13(17)16(20)11-19-12-18-14-8-4-5-9-15(14)19/h3,6-7,10,12,16,20H,2,4-5,8-9,11H2,1H3. The van der Waals surface area contributed by atoms with E-state index in [1.165, 1.54) is 24.2 Å². The summed E-state index contributed by atoms with van der Waals surface area (Å²) in [6, 6.07) is 7.70. The second-order valence-electron chi connectivity index (χ2n) is 5.48. The number of nitrogens with zero attached hydrogens (tertiary/aromatic N) is 2.